The summed E-state index contributed by atoms with van der Waals surface area (Å²) in [6, 6.07) is 14.0. The van der Waals surface area contributed by atoms with Crippen LogP contribution in [0, 0.1) is 6.92 Å². The van der Waals surface area contributed by atoms with Gasteiger partial charge in [-0.15, -0.1) is 0 Å². The normalized spacial score (nSPS) is 10.8. The zero-order chi connectivity index (χ0) is 13.2. The number of aromatic nitrogens is 2. The van der Waals surface area contributed by atoms with E-state index in [-0.39, 0.29) is 0 Å². The summed E-state index contributed by atoms with van der Waals surface area (Å²) in [5.74, 6) is 0.877. The highest BCUT2D eigenvalue weighted by atomic mass is 79.9. The Labute approximate surface area is 120 Å². The summed E-state index contributed by atoms with van der Waals surface area (Å²) < 4.78 is 8.83. The zero-order valence-corrected chi connectivity index (χ0v) is 12.1. The van der Waals surface area contributed by atoms with Crippen LogP contribution in [0.25, 0.3) is 5.65 Å². The predicted molar refractivity (Wildman–Crippen MR) is 78.4 cm³/mol. The molecule has 0 saturated carbocycles. The Morgan fingerprint density at radius 2 is 2.05 bits per heavy atom. The van der Waals surface area contributed by atoms with Gasteiger partial charge in [0, 0.05) is 0 Å². The molecule has 19 heavy (non-hydrogen) atoms. The Bertz CT molecular complexity index is 721. The molecule has 0 bridgehead atoms. The first kappa shape index (κ1) is 12.2. The minimum Gasteiger partial charge on any atom is -0.487 e. The van der Waals surface area contributed by atoms with Crippen LogP contribution in [0.4, 0.5) is 0 Å². The van der Waals surface area contributed by atoms with Crippen molar-refractivity contribution < 1.29 is 4.74 Å². The van der Waals surface area contributed by atoms with Gasteiger partial charge < -0.3 is 4.74 Å². The fourth-order valence-electron chi connectivity index (χ4n) is 2.02. The molecule has 3 nitrogen and oxygen atoms in total. The van der Waals surface area contributed by atoms with Crippen LogP contribution in [-0.2, 0) is 6.61 Å². The number of hydrogen-bond donors (Lipinski definition) is 0. The molecule has 0 aliphatic carbocycles. The van der Waals surface area contributed by atoms with Crippen molar-refractivity contribution >= 4 is 21.6 Å². The van der Waals surface area contributed by atoms with Crippen LogP contribution in [0.5, 0.6) is 5.75 Å². The Morgan fingerprint density at radius 3 is 2.89 bits per heavy atom. The van der Waals surface area contributed by atoms with Crippen molar-refractivity contribution in [2.75, 3.05) is 0 Å². The number of benzene rings is 1. The van der Waals surface area contributed by atoms with E-state index in [1.807, 2.05) is 47.0 Å². The first-order chi connectivity index (χ1) is 9.24. The number of halogens is 1. The van der Waals surface area contributed by atoms with Gasteiger partial charge in [0.25, 0.3) is 0 Å². The fourth-order valence-corrected chi connectivity index (χ4v) is 2.58. The van der Waals surface area contributed by atoms with Gasteiger partial charge in [-0.25, -0.2) is 4.98 Å². The van der Waals surface area contributed by atoms with E-state index in [0.717, 1.165) is 21.7 Å². The highest BCUT2D eigenvalue weighted by Crippen LogP contribution is 2.18. The van der Waals surface area contributed by atoms with Crippen molar-refractivity contribution in [2.24, 2.45) is 0 Å². The molecule has 0 saturated heterocycles. The largest absolute Gasteiger partial charge is 0.487 e. The second-order valence-corrected chi connectivity index (χ2v) is 5.21. The average Bonchev–Trinajstić information content (AvgIpc) is 2.81. The van der Waals surface area contributed by atoms with Crippen LogP contribution >= 0.6 is 15.9 Å². The minimum absolute atomic E-state index is 0.493. The Balaban J connectivity index is 1.86. The van der Waals surface area contributed by atoms with E-state index >= 15 is 0 Å². The number of imidazole rings is 1. The second-order valence-electron chi connectivity index (χ2n) is 4.40. The molecule has 3 rings (SSSR count). The summed E-state index contributed by atoms with van der Waals surface area (Å²) in [5.41, 5.74) is 3.12. The number of ether oxygens (including phenoxy) is 1. The van der Waals surface area contributed by atoms with Gasteiger partial charge in [0.1, 0.15) is 18.0 Å². The SMILES string of the molecule is Cc1cccc(OCc2cnc3cccc(Br)n23)c1. The van der Waals surface area contributed by atoms with Crippen LogP contribution in [0.2, 0.25) is 0 Å². The molecule has 96 valence electrons. The summed E-state index contributed by atoms with van der Waals surface area (Å²) >= 11 is 3.53. The molecular weight excluding hydrogens is 304 g/mol. The third-order valence-electron chi connectivity index (χ3n) is 2.93. The van der Waals surface area contributed by atoms with E-state index in [1.54, 1.807) is 0 Å². The molecule has 0 radical (unpaired) electrons. The summed E-state index contributed by atoms with van der Waals surface area (Å²) in [6.45, 7) is 2.55. The standard InChI is InChI=1S/C15H13BrN2O/c1-11-4-2-5-13(8-11)19-10-12-9-17-15-7-3-6-14(16)18(12)15/h2-9H,10H2,1H3. The van der Waals surface area contributed by atoms with Crippen molar-refractivity contribution in [1.29, 1.82) is 0 Å². The molecule has 0 atom stereocenters. The molecule has 4 heteroatoms. The van der Waals surface area contributed by atoms with Gasteiger partial charge in [-0.2, -0.15) is 0 Å². The first-order valence-electron chi connectivity index (χ1n) is 6.04. The van der Waals surface area contributed by atoms with Gasteiger partial charge >= 0.3 is 0 Å². The van der Waals surface area contributed by atoms with E-state index < -0.39 is 0 Å². The fraction of sp³-hybridized carbons (Fsp3) is 0.133. The van der Waals surface area contributed by atoms with Crippen molar-refractivity contribution in [3.05, 3.63) is 64.5 Å². The highest BCUT2D eigenvalue weighted by molar-refractivity contribution is 9.10. The maximum Gasteiger partial charge on any atom is 0.137 e. The number of rotatable bonds is 3. The topological polar surface area (TPSA) is 26.5 Å². The monoisotopic (exact) mass is 316 g/mol. The lowest BCUT2D eigenvalue weighted by Crippen LogP contribution is -2.00. The molecule has 2 heterocycles. The van der Waals surface area contributed by atoms with Crippen molar-refractivity contribution in [3.63, 3.8) is 0 Å². The van der Waals surface area contributed by atoms with E-state index in [4.69, 9.17) is 4.74 Å². The number of hydrogen-bond acceptors (Lipinski definition) is 2. The minimum atomic E-state index is 0.493. The van der Waals surface area contributed by atoms with Crippen LogP contribution < -0.4 is 4.74 Å². The van der Waals surface area contributed by atoms with Gasteiger partial charge in [0.15, 0.2) is 0 Å². The number of nitrogens with zero attached hydrogens (tertiary/aromatic N) is 2. The van der Waals surface area contributed by atoms with Crippen LogP contribution in [-0.4, -0.2) is 9.38 Å². The van der Waals surface area contributed by atoms with E-state index in [2.05, 4.69) is 33.9 Å². The molecule has 0 aliphatic heterocycles. The zero-order valence-electron chi connectivity index (χ0n) is 10.5. The van der Waals surface area contributed by atoms with Crippen LogP contribution in [0.3, 0.4) is 0 Å². The van der Waals surface area contributed by atoms with Gasteiger partial charge in [0.05, 0.1) is 16.5 Å². The quantitative estimate of drug-likeness (QED) is 0.683. The molecule has 0 spiro atoms. The van der Waals surface area contributed by atoms with E-state index in [1.165, 1.54) is 5.56 Å². The maximum atomic E-state index is 5.81. The lowest BCUT2D eigenvalue weighted by Gasteiger charge is -2.07. The van der Waals surface area contributed by atoms with Gasteiger partial charge in [0.2, 0.25) is 0 Å². The summed E-state index contributed by atoms with van der Waals surface area (Å²) in [4.78, 5) is 4.36. The lowest BCUT2D eigenvalue weighted by molar-refractivity contribution is 0.300. The Morgan fingerprint density at radius 1 is 1.21 bits per heavy atom. The molecule has 0 aliphatic rings. The molecule has 0 fully saturated rings. The van der Waals surface area contributed by atoms with Crippen molar-refractivity contribution in [2.45, 2.75) is 13.5 Å². The second kappa shape index (κ2) is 5.05. The van der Waals surface area contributed by atoms with Gasteiger partial charge in [-0.3, -0.25) is 4.40 Å². The number of pyridine rings is 1. The van der Waals surface area contributed by atoms with Crippen LogP contribution in [0.1, 0.15) is 11.3 Å². The average molecular weight is 317 g/mol. The summed E-state index contributed by atoms with van der Waals surface area (Å²) in [6.07, 6.45) is 1.84. The lowest BCUT2D eigenvalue weighted by atomic mass is 10.2. The van der Waals surface area contributed by atoms with Crippen LogP contribution in [0.15, 0.2) is 53.3 Å². The van der Waals surface area contributed by atoms with Crippen molar-refractivity contribution in [3.8, 4) is 5.75 Å². The summed E-state index contributed by atoms with van der Waals surface area (Å²) in [7, 11) is 0. The molecule has 0 unspecified atom stereocenters. The van der Waals surface area contributed by atoms with Gasteiger partial charge in [-0.1, -0.05) is 18.2 Å². The predicted octanol–water partition coefficient (Wildman–Crippen LogP) is 3.98. The third kappa shape index (κ3) is 2.49. The highest BCUT2D eigenvalue weighted by Gasteiger charge is 2.06. The molecule has 2 aromatic heterocycles. The van der Waals surface area contributed by atoms with E-state index in [9.17, 15) is 0 Å². The maximum absolute atomic E-state index is 5.81. The van der Waals surface area contributed by atoms with E-state index in [0.29, 0.717) is 6.61 Å². The number of aryl methyl sites for hydroxylation is 1. The number of fused-ring (bicyclic) bond motifs is 1. The molecular formula is C15H13BrN2O. The Hall–Kier alpha value is -1.81. The third-order valence-corrected chi connectivity index (χ3v) is 3.55. The Kier molecular flexibility index (Phi) is 3.25. The molecule has 3 aromatic rings. The first-order valence-corrected chi connectivity index (χ1v) is 6.84. The summed E-state index contributed by atoms with van der Waals surface area (Å²) in [5, 5.41) is 0. The van der Waals surface area contributed by atoms with Gasteiger partial charge in [-0.05, 0) is 52.7 Å². The van der Waals surface area contributed by atoms with Crippen molar-refractivity contribution in [1.82, 2.24) is 9.38 Å². The molecule has 0 N–H and O–H groups in total. The molecule has 0 amide bonds. The smallest absolute Gasteiger partial charge is 0.137 e. The molecule has 1 aromatic carbocycles.